The van der Waals surface area contributed by atoms with Gasteiger partial charge in [-0.1, -0.05) is 101 Å². The van der Waals surface area contributed by atoms with Crippen molar-refractivity contribution in [2.75, 3.05) is 0 Å². The fourth-order valence-corrected chi connectivity index (χ4v) is 7.55. The molecule has 7 aromatic carbocycles. The van der Waals surface area contributed by atoms with E-state index >= 15 is 0 Å². The van der Waals surface area contributed by atoms with E-state index < -0.39 is 0 Å². The highest BCUT2D eigenvalue weighted by Crippen LogP contribution is 2.35. The van der Waals surface area contributed by atoms with Crippen molar-refractivity contribution in [1.82, 2.24) is 24.1 Å². The van der Waals surface area contributed by atoms with Crippen molar-refractivity contribution in [3.05, 3.63) is 174 Å². The van der Waals surface area contributed by atoms with Gasteiger partial charge in [-0.05, 0) is 84.9 Å². The zero-order chi connectivity index (χ0) is 33.9. The summed E-state index contributed by atoms with van der Waals surface area (Å²) >= 11 is 3.57. The van der Waals surface area contributed by atoms with Crippen molar-refractivity contribution in [2.45, 2.75) is 0 Å². The van der Waals surface area contributed by atoms with Crippen LogP contribution in [0.5, 0.6) is 0 Å². The smallest absolute Gasteiger partial charge is 0.164 e. The highest BCUT2D eigenvalue weighted by Gasteiger charge is 2.16. The molecular formula is C45H28BrN5. The van der Waals surface area contributed by atoms with Crippen LogP contribution in [0.2, 0.25) is 0 Å². The first-order valence-electron chi connectivity index (χ1n) is 16.9. The van der Waals surface area contributed by atoms with Crippen LogP contribution in [-0.2, 0) is 0 Å². The number of para-hydroxylation sites is 4. The van der Waals surface area contributed by atoms with Crippen LogP contribution in [0, 0.1) is 0 Å². The SMILES string of the molecule is Brc1ccc(-c2nc(-c3ccc(-n4c5ccccc5c5ccccc54)cc3)nc(-c3ccc(-n4c5ccccc5c5ccccc54)cc3)n2)cc1. The molecule has 0 bridgehead atoms. The van der Waals surface area contributed by atoms with Gasteiger partial charge in [0.25, 0.3) is 0 Å². The number of hydrogen-bond acceptors (Lipinski definition) is 3. The number of benzene rings is 7. The molecule has 0 fully saturated rings. The minimum absolute atomic E-state index is 0.623. The van der Waals surface area contributed by atoms with Crippen LogP contribution in [-0.4, -0.2) is 24.1 Å². The zero-order valence-electron chi connectivity index (χ0n) is 27.3. The lowest BCUT2D eigenvalue weighted by Crippen LogP contribution is -2.01. The summed E-state index contributed by atoms with van der Waals surface area (Å²) in [6.45, 7) is 0. The van der Waals surface area contributed by atoms with Crippen molar-refractivity contribution in [1.29, 1.82) is 0 Å². The third kappa shape index (κ3) is 4.95. The fourth-order valence-electron chi connectivity index (χ4n) is 7.28. The second kappa shape index (κ2) is 11.9. The molecule has 0 saturated heterocycles. The van der Waals surface area contributed by atoms with Crippen molar-refractivity contribution in [3.63, 3.8) is 0 Å². The molecule has 0 amide bonds. The van der Waals surface area contributed by atoms with Gasteiger partial charge in [0.15, 0.2) is 17.5 Å². The Morgan fingerprint density at radius 1 is 0.314 bits per heavy atom. The summed E-state index contributed by atoms with van der Waals surface area (Å²) in [5, 5.41) is 4.95. The number of nitrogens with zero attached hydrogens (tertiary/aromatic N) is 5. The second-order valence-electron chi connectivity index (χ2n) is 12.6. The summed E-state index contributed by atoms with van der Waals surface area (Å²) in [6.07, 6.45) is 0. The summed E-state index contributed by atoms with van der Waals surface area (Å²) in [7, 11) is 0. The minimum atomic E-state index is 0.623. The normalized spacial score (nSPS) is 11.6. The largest absolute Gasteiger partial charge is 0.309 e. The third-order valence-corrected chi connectivity index (χ3v) is 10.2. The molecular weight excluding hydrogens is 690 g/mol. The van der Waals surface area contributed by atoms with E-state index in [0.29, 0.717) is 17.5 Å². The van der Waals surface area contributed by atoms with E-state index in [9.17, 15) is 0 Å². The molecule has 3 heterocycles. The average Bonchev–Trinajstić information content (AvgIpc) is 3.71. The fraction of sp³-hybridized carbons (Fsp3) is 0. The summed E-state index contributed by atoms with van der Waals surface area (Å²) < 4.78 is 5.64. The standard InChI is InChI=1S/C45H28BrN5/c46-32-23-17-29(18-24-32)43-47-44(30-19-25-33(26-20-30)50-39-13-5-1-9-35(39)36-10-2-6-14-40(36)50)49-45(48-43)31-21-27-34(28-22-31)51-41-15-7-3-11-37(41)38-12-4-8-16-42(38)51/h1-28H. The minimum Gasteiger partial charge on any atom is -0.309 e. The first-order chi connectivity index (χ1) is 25.2. The van der Waals surface area contributed by atoms with Gasteiger partial charge in [-0.15, -0.1) is 0 Å². The van der Waals surface area contributed by atoms with E-state index in [1.165, 1.54) is 43.6 Å². The maximum atomic E-state index is 5.06. The molecule has 3 aromatic heterocycles. The Bertz CT molecular complexity index is 2620. The van der Waals surface area contributed by atoms with Gasteiger partial charge in [0, 0.05) is 54.1 Å². The highest BCUT2D eigenvalue weighted by atomic mass is 79.9. The van der Waals surface area contributed by atoms with Gasteiger partial charge in [-0.3, -0.25) is 0 Å². The molecule has 0 unspecified atom stereocenters. The van der Waals surface area contributed by atoms with Gasteiger partial charge in [0.1, 0.15) is 0 Å². The molecule has 0 aliphatic carbocycles. The van der Waals surface area contributed by atoms with Gasteiger partial charge in [0.2, 0.25) is 0 Å². The van der Waals surface area contributed by atoms with E-state index in [0.717, 1.165) is 32.5 Å². The van der Waals surface area contributed by atoms with Gasteiger partial charge >= 0.3 is 0 Å². The van der Waals surface area contributed by atoms with Gasteiger partial charge in [0.05, 0.1) is 22.1 Å². The van der Waals surface area contributed by atoms with Gasteiger partial charge in [-0.25, -0.2) is 15.0 Å². The number of halogens is 1. The maximum Gasteiger partial charge on any atom is 0.164 e. The Morgan fingerprint density at radius 3 is 0.902 bits per heavy atom. The molecule has 10 rings (SSSR count). The van der Waals surface area contributed by atoms with E-state index in [-0.39, 0.29) is 0 Å². The number of aromatic nitrogens is 5. The average molecular weight is 719 g/mol. The van der Waals surface area contributed by atoms with Crippen LogP contribution in [0.3, 0.4) is 0 Å². The number of hydrogen-bond donors (Lipinski definition) is 0. The number of rotatable bonds is 5. The maximum absolute atomic E-state index is 5.06. The highest BCUT2D eigenvalue weighted by molar-refractivity contribution is 9.10. The lowest BCUT2D eigenvalue weighted by Gasteiger charge is -2.12. The monoisotopic (exact) mass is 717 g/mol. The first-order valence-corrected chi connectivity index (χ1v) is 17.7. The molecule has 0 aliphatic rings. The Kier molecular flexibility index (Phi) is 6.89. The van der Waals surface area contributed by atoms with Crippen molar-refractivity contribution >= 4 is 59.5 Å². The second-order valence-corrected chi connectivity index (χ2v) is 13.6. The third-order valence-electron chi connectivity index (χ3n) is 9.67. The predicted octanol–water partition coefficient (Wildman–Crippen LogP) is 11.8. The summed E-state index contributed by atoms with van der Waals surface area (Å²) in [4.78, 5) is 15.1. The quantitative estimate of drug-likeness (QED) is 0.178. The zero-order valence-corrected chi connectivity index (χ0v) is 28.9. The van der Waals surface area contributed by atoms with E-state index in [4.69, 9.17) is 15.0 Å². The van der Waals surface area contributed by atoms with Gasteiger partial charge < -0.3 is 9.13 Å². The molecule has 0 saturated carbocycles. The number of fused-ring (bicyclic) bond motifs is 6. The topological polar surface area (TPSA) is 48.5 Å². The van der Waals surface area contributed by atoms with E-state index in [1.807, 2.05) is 24.3 Å². The van der Waals surface area contributed by atoms with Crippen molar-refractivity contribution < 1.29 is 0 Å². The first kappa shape index (κ1) is 29.5. The molecule has 6 heteroatoms. The Labute approximate surface area is 302 Å². The molecule has 5 nitrogen and oxygen atoms in total. The molecule has 51 heavy (non-hydrogen) atoms. The van der Waals surface area contributed by atoms with Crippen LogP contribution in [0.1, 0.15) is 0 Å². The molecule has 0 radical (unpaired) electrons. The van der Waals surface area contributed by atoms with E-state index in [2.05, 4.69) is 171 Å². The van der Waals surface area contributed by atoms with Crippen molar-refractivity contribution in [3.8, 4) is 45.5 Å². The summed E-state index contributed by atoms with van der Waals surface area (Å²) in [5.41, 5.74) is 9.63. The summed E-state index contributed by atoms with van der Waals surface area (Å²) in [6, 6.07) is 59.4. The molecule has 10 aromatic rings. The van der Waals surface area contributed by atoms with Crippen LogP contribution < -0.4 is 0 Å². The van der Waals surface area contributed by atoms with Gasteiger partial charge in [-0.2, -0.15) is 0 Å². The Hall–Kier alpha value is -6.37. The molecule has 0 spiro atoms. The van der Waals surface area contributed by atoms with E-state index in [1.54, 1.807) is 0 Å². The Morgan fingerprint density at radius 2 is 0.588 bits per heavy atom. The molecule has 0 aliphatic heterocycles. The molecule has 0 atom stereocenters. The van der Waals surface area contributed by atoms with Crippen molar-refractivity contribution in [2.24, 2.45) is 0 Å². The molecule has 0 N–H and O–H groups in total. The lowest BCUT2D eigenvalue weighted by atomic mass is 10.1. The molecule has 240 valence electrons. The lowest BCUT2D eigenvalue weighted by molar-refractivity contribution is 1.07. The van der Waals surface area contributed by atoms with Crippen LogP contribution in [0.4, 0.5) is 0 Å². The van der Waals surface area contributed by atoms with Crippen LogP contribution in [0.25, 0.3) is 89.2 Å². The predicted molar refractivity (Wildman–Crippen MR) is 213 cm³/mol. The Balaban J connectivity index is 1.08. The van der Waals surface area contributed by atoms with Crippen LogP contribution >= 0.6 is 15.9 Å². The summed E-state index contributed by atoms with van der Waals surface area (Å²) in [5.74, 6) is 1.87. The van der Waals surface area contributed by atoms with Crippen LogP contribution in [0.15, 0.2) is 174 Å².